The number of benzene rings is 1. The molecule has 24 heavy (non-hydrogen) atoms. The Hall–Kier alpha value is -1.62. The van der Waals surface area contributed by atoms with Crippen molar-refractivity contribution in [3.63, 3.8) is 0 Å². The van der Waals surface area contributed by atoms with E-state index in [9.17, 15) is 4.79 Å². The first-order valence-corrected chi connectivity index (χ1v) is 9.21. The van der Waals surface area contributed by atoms with Crippen LogP contribution in [0.15, 0.2) is 22.8 Å². The normalized spacial score (nSPS) is 18.5. The molecular weight excluding hydrogens is 366 g/mol. The first-order chi connectivity index (χ1) is 11.3. The lowest BCUT2D eigenvalue weighted by Crippen LogP contribution is -2.16. The highest BCUT2D eigenvalue weighted by Gasteiger charge is 2.36. The molecule has 128 valence electrons. The molecule has 4 nitrogen and oxygen atoms in total. The molecule has 1 aromatic carbocycles. The minimum atomic E-state index is -0.0999. The third-order valence-electron chi connectivity index (χ3n) is 5.08. The Balaban J connectivity index is 2.00. The van der Waals surface area contributed by atoms with Gasteiger partial charge in [0.2, 0.25) is 0 Å². The van der Waals surface area contributed by atoms with Gasteiger partial charge < -0.3 is 5.32 Å². The van der Waals surface area contributed by atoms with Crippen LogP contribution in [0.1, 0.15) is 67.2 Å². The predicted molar refractivity (Wildman–Crippen MR) is 101 cm³/mol. The fraction of sp³-hybridized carbons (Fsp3) is 0.474. The number of hydrogen-bond acceptors (Lipinski definition) is 2. The number of carbonyl (C=O) groups is 1. The Morgan fingerprint density at radius 1 is 1.46 bits per heavy atom. The number of hydrogen-bond donors (Lipinski definition) is 1. The maximum absolute atomic E-state index is 12.9. The van der Waals surface area contributed by atoms with Crippen molar-refractivity contribution in [2.45, 2.75) is 51.9 Å². The molecule has 1 heterocycles. The van der Waals surface area contributed by atoms with Crippen LogP contribution in [0.2, 0.25) is 0 Å². The fourth-order valence-electron chi connectivity index (χ4n) is 4.11. The summed E-state index contributed by atoms with van der Waals surface area (Å²) in [5.74, 6) is 0.339. The maximum Gasteiger partial charge on any atom is 0.260 e. The molecule has 0 saturated carbocycles. The largest absolute Gasteiger partial charge is 0.322 e. The van der Waals surface area contributed by atoms with Crippen LogP contribution >= 0.6 is 15.9 Å². The Kier molecular flexibility index (Phi) is 4.32. The van der Waals surface area contributed by atoms with Gasteiger partial charge in [-0.3, -0.25) is 9.48 Å². The zero-order valence-corrected chi connectivity index (χ0v) is 16.5. The lowest BCUT2D eigenvalue weighted by atomic mass is 9.86. The van der Waals surface area contributed by atoms with E-state index in [2.05, 4.69) is 53.2 Å². The molecule has 1 atom stereocenters. The minimum absolute atomic E-state index is 0.0999. The van der Waals surface area contributed by atoms with Gasteiger partial charge in [-0.25, -0.2) is 0 Å². The minimum Gasteiger partial charge on any atom is -0.322 e. The van der Waals surface area contributed by atoms with E-state index in [0.29, 0.717) is 16.1 Å². The van der Waals surface area contributed by atoms with Gasteiger partial charge in [-0.15, -0.1) is 0 Å². The van der Waals surface area contributed by atoms with Gasteiger partial charge in [0.15, 0.2) is 0 Å². The van der Waals surface area contributed by atoms with Crippen LogP contribution in [-0.4, -0.2) is 15.7 Å². The number of nitrogens with one attached hydrogen (secondary N) is 1. The second kappa shape index (κ2) is 6.03. The molecule has 0 bridgehead atoms. The summed E-state index contributed by atoms with van der Waals surface area (Å²) in [6.07, 6.45) is 1.86. The van der Waals surface area contributed by atoms with Gasteiger partial charge in [0.1, 0.15) is 4.60 Å². The Labute approximate surface area is 151 Å². The van der Waals surface area contributed by atoms with E-state index in [1.54, 1.807) is 4.68 Å². The average Bonchev–Trinajstić information content (AvgIpc) is 2.92. The highest BCUT2D eigenvalue weighted by Crippen LogP contribution is 2.48. The van der Waals surface area contributed by atoms with Crippen LogP contribution in [0.4, 0.5) is 5.69 Å². The van der Waals surface area contributed by atoms with Crippen LogP contribution in [0.3, 0.4) is 0 Å². The summed E-state index contributed by atoms with van der Waals surface area (Å²) in [5, 5.41) is 7.46. The van der Waals surface area contributed by atoms with Crippen LogP contribution in [0.5, 0.6) is 0 Å². The van der Waals surface area contributed by atoms with Crippen molar-refractivity contribution in [3.05, 3.63) is 45.2 Å². The third-order valence-corrected chi connectivity index (χ3v) is 5.63. The van der Waals surface area contributed by atoms with Crippen LogP contribution < -0.4 is 5.32 Å². The summed E-state index contributed by atoms with van der Waals surface area (Å²) in [7, 11) is 1.87. The van der Waals surface area contributed by atoms with Crippen molar-refractivity contribution in [2.75, 3.05) is 5.32 Å². The van der Waals surface area contributed by atoms with E-state index in [4.69, 9.17) is 0 Å². The first-order valence-electron chi connectivity index (χ1n) is 8.42. The van der Waals surface area contributed by atoms with Gasteiger partial charge >= 0.3 is 0 Å². The van der Waals surface area contributed by atoms with Crippen molar-refractivity contribution in [3.8, 4) is 0 Å². The number of rotatable bonds is 3. The standard InChI is InChI=1S/C19H24BrN3O/c1-6-14-16(17(20)22-23(14)5)18(24)21-13-9-7-8-12-15(13)11(2)10-19(12,3)4/h7-9,11H,6,10H2,1-5H3,(H,21,24). The smallest absolute Gasteiger partial charge is 0.260 e. The summed E-state index contributed by atoms with van der Waals surface area (Å²) < 4.78 is 2.36. The lowest BCUT2D eigenvalue weighted by Gasteiger charge is -2.19. The Bertz CT molecular complexity index is 807. The Morgan fingerprint density at radius 2 is 2.17 bits per heavy atom. The number of anilines is 1. The molecule has 2 aromatic rings. The highest BCUT2D eigenvalue weighted by atomic mass is 79.9. The van der Waals surface area contributed by atoms with E-state index in [-0.39, 0.29) is 11.3 Å². The number of aromatic nitrogens is 2. The van der Waals surface area contributed by atoms with E-state index < -0.39 is 0 Å². The monoisotopic (exact) mass is 389 g/mol. The number of halogens is 1. The van der Waals surface area contributed by atoms with Gasteiger partial charge in [-0.1, -0.05) is 39.8 Å². The van der Waals surface area contributed by atoms with Crippen molar-refractivity contribution >= 4 is 27.5 Å². The average molecular weight is 390 g/mol. The summed E-state index contributed by atoms with van der Waals surface area (Å²) in [4.78, 5) is 12.9. The number of fused-ring (bicyclic) bond motifs is 1. The molecule has 5 heteroatoms. The van der Waals surface area contributed by atoms with Crippen LogP contribution in [0, 0.1) is 0 Å². The third kappa shape index (κ3) is 2.69. The maximum atomic E-state index is 12.9. The fourth-order valence-corrected chi connectivity index (χ4v) is 4.76. The molecule has 1 aromatic heterocycles. The zero-order valence-electron chi connectivity index (χ0n) is 14.9. The lowest BCUT2D eigenvalue weighted by molar-refractivity contribution is 0.102. The summed E-state index contributed by atoms with van der Waals surface area (Å²) in [6, 6.07) is 6.23. The quantitative estimate of drug-likeness (QED) is 0.820. The number of aryl methyl sites for hydroxylation is 1. The first kappa shape index (κ1) is 17.2. The Morgan fingerprint density at radius 3 is 2.83 bits per heavy atom. The molecule has 1 aliphatic carbocycles. The second-order valence-electron chi connectivity index (χ2n) is 7.30. The molecule has 0 aliphatic heterocycles. The van der Waals surface area contributed by atoms with E-state index in [1.165, 1.54) is 11.1 Å². The molecule has 3 rings (SSSR count). The van der Waals surface area contributed by atoms with E-state index in [0.717, 1.165) is 24.2 Å². The number of carbonyl (C=O) groups excluding carboxylic acids is 1. The van der Waals surface area contributed by atoms with E-state index >= 15 is 0 Å². The van der Waals surface area contributed by atoms with Gasteiger partial charge in [0.25, 0.3) is 5.91 Å². The van der Waals surface area contributed by atoms with Gasteiger partial charge in [0.05, 0.1) is 11.3 Å². The van der Waals surface area contributed by atoms with Crippen molar-refractivity contribution in [2.24, 2.45) is 7.05 Å². The van der Waals surface area contributed by atoms with Gasteiger partial charge in [0, 0.05) is 12.7 Å². The molecular formula is C19H24BrN3O. The molecule has 0 radical (unpaired) electrons. The predicted octanol–water partition coefficient (Wildman–Crippen LogP) is 4.78. The second-order valence-corrected chi connectivity index (χ2v) is 8.05. The topological polar surface area (TPSA) is 46.9 Å². The van der Waals surface area contributed by atoms with Crippen LogP contribution in [-0.2, 0) is 18.9 Å². The van der Waals surface area contributed by atoms with Gasteiger partial charge in [-0.05, 0) is 57.3 Å². The number of amides is 1. The van der Waals surface area contributed by atoms with Gasteiger partial charge in [-0.2, -0.15) is 5.10 Å². The SMILES string of the molecule is CCc1c(C(=O)Nc2cccc3c2C(C)CC3(C)C)c(Br)nn1C. The molecule has 0 fully saturated rings. The summed E-state index contributed by atoms with van der Waals surface area (Å²) >= 11 is 3.42. The molecule has 0 saturated heterocycles. The molecule has 1 unspecified atom stereocenters. The van der Waals surface area contributed by atoms with Crippen LogP contribution in [0.25, 0.3) is 0 Å². The van der Waals surface area contributed by atoms with Crippen molar-refractivity contribution < 1.29 is 4.79 Å². The zero-order chi connectivity index (χ0) is 17.6. The molecule has 1 aliphatic rings. The van der Waals surface area contributed by atoms with Crippen molar-refractivity contribution in [1.29, 1.82) is 0 Å². The van der Waals surface area contributed by atoms with E-state index in [1.807, 2.05) is 26.1 Å². The summed E-state index contributed by atoms with van der Waals surface area (Å²) in [6.45, 7) is 8.81. The highest BCUT2D eigenvalue weighted by molar-refractivity contribution is 9.10. The van der Waals surface area contributed by atoms with Crippen molar-refractivity contribution in [1.82, 2.24) is 9.78 Å². The molecule has 0 spiro atoms. The summed E-state index contributed by atoms with van der Waals surface area (Å²) in [5.41, 5.74) is 5.25. The molecule has 1 N–H and O–H groups in total. The number of nitrogens with zero attached hydrogens (tertiary/aromatic N) is 2. The molecule has 1 amide bonds.